The molecule has 2 heteroatoms. The third-order valence-corrected chi connectivity index (χ3v) is 3.07. The summed E-state index contributed by atoms with van der Waals surface area (Å²) in [6.45, 7) is 9.74. The van der Waals surface area contributed by atoms with Crippen LogP contribution in [-0.4, -0.2) is 10.2 Å². The summed E-state index contributed by atoms with van der Waals surface area (Å²) in [6.07, 6.45) is 0.744. The molecular formula is C13H20O2. The Kier molecular flexibility index (Phi) is 3.28. The van der Waals surface area contributed by atoms with E-state index in [1.54, 1.807) is 0 Å². The van der Waals surface area contributed by atoms with Gasteiger partial charge in [-0.2, -0.15) is 0 Å². The zero-order valence-corrected chi connectivity index (χ0v) is 10.2. The highest BCUT2D eigenvalue weighted by molar-refractivity contribution is 5.58. The van der Waals surface area contributed by atoms with E-state index in [1.165, 1.54) is 0 Å². The molecule has 0 fully saturated rings. The fraction of sp³-hybridized carbons (Fsp3) is 0.538. The molecule has 0 radical (unpaired) electrons. The lowest BCUT2D eigenvalue weighted by molar-refractivity contribution is 0.438. The third-order valence-electron chi connectivity index (χ3n) is 3.07. The Bertz CT molecular complexity index is 379. The van der Waals surface area contributed by atoms with Gasteiger partial charge in [0.2, 0.25) is 0 Å². The van der Waals surface area contributed by atoms with Gasteiger partial charge in [-0.1, -0.05) is 20.8 Å². The Morgan fingerprint density at radius 1 is 1.00 bits per heavy atom. The van der Waals surface area contributed by atoms with Crippen molar-refractivity contribution in [1.82, 2.24) is 0 Å². The van der Waals surface area contributed by atoms with E-state index in [9.17, 15) is 10.2 Å². The molecule has 0 heterocycles. The van der Waals surface area contributed by atoms with Gasteiger partial charge in [0.05, 0.1) is 0 Å². The molecular weight excluding hydrogens is 188 g/mol. The Labute approximate surface area is 91.6 Å². The first kappa shape index (κ1) is 11.9. The van der Waals surface area contributed by atoms with Crippen LogP contribution in [0, 0.1) is 13.8 Å². The summed E-state index contributed by atoms with van der Waals surface area (Å²) in [5.74, 6) is 0.916. The second-order valence-corrected chi connectivity index (χ2v) is 4.35. The van der Waals surface area contributed by atoms with Crippen LogP contribution in [0.2, 0.25) is 0 Å². The van der Waals surface area contributed by atoms with Crippen molar-refractivity contribution >= 4 is 0 Å². The molecule has 0 aliphatic heterocycles. The first-order chi connectivity index (χ1) is 6.91. The lowest BCUT2D eigenvalue weighted by Gasteiger charge is -2.19. The molecule has 0 spiro atoms. The lowest BCUT2D eigenvalue weighted by atomic mass is 9.89. The molecule has 2 nitrogen and oxygen atoms in total. The molecule has 0 amide bonds. The van der Waals surface area contributed by atoms with Gasteiger partial charge in [-0.15, -0.1) is 0 Å². The van der Waals surface area contributed by atoms with Gasteiger partial charge in [-0.3, -0.25) is 0 Å². The van der Waals surface area contributed by atoms with E-state index in [4.69, 9.17) is 0 Å². The molecule has 0 atom stereocenters. The SMILES string of the molecule is CCc1c(O)c(C)c(C)c(O)c1C(C)C. The lowest BCUT2D eigenvalue weighted by Crippen LogP contribution is -2.00. The summed E-state index contributed by atoms with van der Waals surface area (Å²) in [5.41, 5.74) is 3.34. The van der Waals surface area contributed by atoms with Gasteiger partial charge in [0.25, 0.3) is 0 Å². The second kappa shape index (κ2) is 4.13. The number of benzene rings is 1. The minimum Gasteiger partial charge on any atom is -0.507 e. The molecule has 0 bridgehead atoms. The Morgan fingerprint density at radius 2 is 1.47 bits per heavy atom. The van der Waals surface area contributed by atoms with Crippen LogP contribution in [0.4, 0.5) is 0 Å². The predicted molar refractivity (Wildman–Crippen MR) is 62.7 cm³/mol. The number of hydrogen-bond acceptors (Lipinski definition) is 2. The van der Waals surface area contributed by atoms with Crippen molar-refractivity contribution in [3.05, 3.63) is 22.3 Å². The summed E-state index contributed by atoms with van der Waals surface area (Å²) < 4.78 is 0. The Hall–Kier alpha value is -1.18. The molecule has 0 saturated heterocycles. The highest BCUT2D eigenvalue weighted by atomic mass is 16.3. The third kappa shape index (κ3) is 1.81. The summed E-state index contributed by atoms with van der Waals surface area (Å²) in [5, 5.41) is 20.1. The van der Waals surface area contributed by atoms with Gasteiger partial charge < -0.3 is 10.2 Å². The average molecular weight is 208 g/mol. The second-order valence-electron chi connectivity index (χ2n) is 4.35. The van der Waals surface area contributed by atoms with Crippen molar-refractivity contribution in [2.75, 3.05) is 0 Å². The van der Waals surface area contributed by atoms with E-state index in [-0.39, 0.29) is 5.92 Å². The van der Waals surface area contributed by atoms with E-state index in [0.717, 1.165) is 28.7 Å². The van der Waals surface area contributed by atoms with E-state index >= 15 is 0 Å². The molecule has 1 rings (SSSR count). The Balaban J connectivity index is 3.62. The minimum atomic E-state index is 0.227. The van der Waals surface area contributed by atoms with Crippen molar-refractivity contribution in [3.8, 4) is 11.5 Å². The van der Waals surface area contributed by atoms with Crippen molar-refractivity contribution in [2.45, 2.75) is 47.0 Å². The molecule has 0 saturated carbocycles. The van der Waals surface area contributed by atoms with Crippen molar-refractivity contribution in [1.29, 1.82) is 0 Å². The minimum absolute atomic E-state index is 0.227. The monoisotopic (exact) mass is 208 g/mol. The average Bonchev–Trinajstić information content (AvgIpc) is 2.19. The van der Waals surface area contributed by atoms with Crippen LogP contribution in [0.3, 0.4) is 0 Å². The largest absolute Gasteiger partial charge is 0.507 e. The summed E-state index contributed by atoms with van der Waals surface area (Å²) >= 11 is 0. The summed E-state index contributed by atoms with van der Waals surface area (Å²) in [6, 6.07) is 0. The zero-order chi connectivity index (χ0) is 11.7. The number of aromatic hydroxyl groups is 2. The number of phenolic OH excluding ortho intramolecular Hbond substituents is 2. The van der Waals surface area contributed by atoms with E-state index in [1.807, 2.05) is 34.6 Å². The summed E-state index contributed by atoms with van der Waals surface area (Å²) in [7, 11) is 0. The maximum atomic E-state index is 10.1. The van der Waals surface area contributed by atoms with Gasteiger partial charge in [0, 0.05) is 11.1 Å². The quantitative estimate of drug-likeness (QED) is 0.731. The molecule has 84 valence electrons. The molecule has 2 N–H and O–H groups in total. The van der Waals surface area contributed by atoms with Crippen molar-refractivity contribution in [3.63, 3.8) is 0 Å². The Morgan fingerprint density at radius 3 is 1.87 bits per heavy atom. The fourth-order valence-corrected chi connectivity index (χ4v) is 2.03. The van der Waals surface area contributed by atoms with Crippen LogP contribution in [0.15, 0.2) is 0 Å². The normalized spacial score (nSPS) is 11.1. The van der Waals surface area contributed by atoms with E-state index in [0.29, 0.717) is 11.5 Å². The van der Waals surface area contributed by atoms with Crippen LogP contribution in [-0.2, 0) is 6.42 Å². The van der Waals surface area contributed by atoms with Crippen LogP contribution in [0.1, 0.15) is 48.9 Å². The first-order valence-electron chi connectivity index (χ1n) is 5.45. The molecule has 1 aromatic rings. The van der Waals surface area contributed by atoms with Crippen LogP contribution in [0.5, 0.6) is 11.5 Å². The van der Waals surface area contributed by atoms with Crippen LogP contribution >= 0.6 is 0 Å². The fourth-order valence-electron chi connectivity index (χ4n) is 2.03. The van der Waals surface area contributed by atoms with Crippen molar-refractivity contribution < 1.29 is 10.2 Å². The van der Waals surface area contributed by atoms with Crippen molar-refractivity contribution in [2.24, 2.45) is 0 Å². The van der Waals surface area contributed by atoms with E-state index in [2.05, 4.69) is 0 Å². The number of phenols is 2. The highest BCUT2D eigenvalue weighted by Gasteiger charge is 2.19. The van der Waals surface area contributed by atoms with Gasteiger partial charge in [0.1, 0.15) is 11.5 Å². The number of rotatable bonds is 2. The van der Waals surface area contributed by atoms with Crippen LogP contribution in [0.25, 0.3) is 0 Å². The van der Waals surface area contributed by atoms with Gasteiger partial charge in [0.15, 0.2) is 0 Å². The maximum absolute atomic E-state index is 10.1. The maximum Gasteiger partial charge on any atom is 0.122 e. The van der Waals surface area contributed by atoms with Gasteiger partial charge in [-0.05, 0) is 37.3 Å². The molecule has 1 aromatic carbocycles. The highest BCUT2D eigenvalue weighted by Crippen LogP contribution is 2.40. The van der Waals surface area contributed by atoms with E-state index < -0.39 is 0 Å². The summed E-state index contributed by atoms with van der Waals surface area (Å²) in [4.78, 5) is 0. The standard InChI is InChI=1S/C13H20O2/c1-6-10-11(7(2)3)13(15)9(5)8(4)12(10)14/h7,14-15H,6H2,1-5H3. The molecule has 0 aromatic heterocycles. The predicted octanol–water partition coefficient (Wildman–Crippen LogP) is 3.40. The van der Waals surface area contributed by atoms with Crippen LogP contribution < -0.4 is 0 Å². The molecule has 0 aliphatic rings. The zero-order valence-electron chi connectivity index (χ0n) is 10.2. The van der Waals surface area contributed by atoms with Gasteiger partial charge >= 0.3 is 0 Å². The topological polar surface area (TPSA) is 40.5 Å². The molecule has 15 heavy (non-hydrogen) atoms. The molecule has 0 unspecified atom stereocenters. The van der Waals surface area contributed by atoms with Gasteiger partial charge in [-0.25, -0.2) is 0 Å². The first-order valence-corrected chi connectivity index (χ1v) is 5.45. The molecule has 0 aliphatic carbocycles. The smallest absolute Gasteiger partial charge is 0.122 e. The number of hydrogen-bond donors (Lipinski definition) is 2.